The summed E-state index contributed by atoms with van der Waals surface area (Å²) in [5.41, 5.74) is 8.40. The molecule has 0 saturated heterocycles. The summed E-state index contributed by atoms with van der Waals surface area (Å²) in [4.78, 5) is 38.4. The molecule has 0 saturated carbocycles. The first-order valence-electron chi connectivity index (χ1n) is 17.3. The minimum atomic E-state index is -0.105. The average Bonchev–Trinajstić information content (AvgIpc) is 2.93. The number of carbonyl (C=O) groups is 3. The molecule has 1 aliphatic carbocycles. The van der Waals surface area contributed by atoms with E-state index in [9.17, 15) is 14.4 Å². The second-order valence-electron chi connectivity index (χ2n) is 13.5. The molecule has 0 aromatic heterocycles. The fraction of sp³-hybridized carbons (Fsp3) is 0.625. The van der Waals surface area contributed by atoms with E-state index in [-0.39, 0.29) is 41.5 Å². The van der Waals surface area contributed by atoms with Crippen molar-refractivity contribution < 1.29 is 14.4 Å². The van der Waals surface area contributed by atoms with E-state index in [0.717, 1.165) is 56.1 Å². The third-order valence-electron chi connectivity index (χ3n) is 9.00. The number of fused-ring (bicyclic) bond motifs is 1. The van der Waals surface area contributed by atoms with E-state index in [1.54, 1.807) is 0 Å². The number of hydrogen-bond donors (Lipinski definition) is 0. The zero-order chi connectivity index (χ0) is 32.1. The average molecular weight is 589 g/mol. The maximum absolute atomic E-state index is 13.7. The standard InChI is InChI=1S/C37H52O3.C3H8/c1-8-12-30(31(10-3)35(39)19-26(7)38)20-28-22-34-32(18-15-25(6)37(34)36(40)23-28)33-21-27(14-11-13-24(4)5)16-17-29(33)9-2;1-3-2/h15-18,21,24,28,30-31H,8-14,19-20,22-23H2,1-7H3;3H2,1-2H3. The number of Topliss-reactive ketones (excluding diaryl/α,β-unsaturated/α-hetero) is 3. The van der Waals surface area contributed by atoms with Gasteiger partial charge >= 0.3 is 0 Å². The highest BCUT2D eigenvalue weighted by atomic mass is 16.1. The van der Waals surface area contributed by atoms with Crippen molar-refractivity contribution in [2.45, 2.75) is 139 Å². The number of hydrogen-bond acceptors (Lipinski definition) is 3. The maximum Gasteiger partial charge on any atom is 0.163 e. The third kappa shape index (κ3) is 10.5. The molecule has 0 aliphatic heterocycles. The Bertz CT molecular complexity index is 1200. The predicted octanol–water partition coefficient (Wildman–Crippen LogP) is 10.7. The summed E-state index contributed by atoms with van der Waals surface area (Å²) in [7, 11) is 0. The summed E-state index contributed by atoms with van der Waals surface area (Å²) in [6.45, 7) is 18.8. The molecule has 0 amide bonds. The van der Waals surface area contributed by atoms with Crippen molar-refractivity contribution in [3.63, 3.8) is 0 Å². The minimum absolute atomic E-state index is 0.0296. The SMILES string of the molecule is CCC.CCCC(CC1CC(=O)c2c(C)ccc(-c3cc(CCCC(C)C)ccc3CC)c2C1)C(CC)C(=O)CC(C)=O. The van der Waals surface area contributed by atoms with Crippen molar-refractivity contribution in [2.24, 2.45) is 23.7 Å². The van der Waals surface area contributed by atoms with Gasteiger partial charge in [0.1, 0.15) is 11.6 Å². The van der Waals surface area contributed by atoms with Gasteiger partial charge in [0.15, 0.2) is 5.78 Å². The van der Waals surface area contributed by atoms with Crippen molar-refractivity contribution in [3.8, 4) is 11.1 Å². The third-order valence-corrected chi connectivity index (χ3v) is 9.00. The summed E-state index contributed by atoms with van der Waals surface area (Å²) in [6.07, 6.45) is 10.7. The van der Waals surface area contributed by atoms with E-state index in [0.29, 0.717) is 12.3 Å². The summed E-state index contributed by atoms with van der Waals surface area (Å²) < 4.78 is 0. The van der Waals surface area contributed by atoms with Gasteiger partial charge in [-0.2, -0.15) is 0 Å². The molecule has 3 unspecified atom stereocenters. The first kappa shape index (κ1) is 36.6. The van der Waals surface area contributed by atoms with E-state index < -0.39 is 0 Å². The first-order valence-corrected chi connectivity index (χ1v) is 17.3. The van der Waals surface area contributed by atoms with Crippen LogP contribution in [0.2, 0.25) is 0 Å². The van der Waals surface area contributed by atoms with Gasteiger partial charge in [-0.25, -0.2) is 0 Å². The van der Waals surface area contributed by atoms with Crippen LogP contribution in [0.4, 0.5) is 0 Å². The van der Waals surface area contributed by atoms with Gasteiger partial charge in [-0.15, -0.1) is 0 Å². The maximum atomic E-state index is 13.7. The summed E-state index contributed by atoms with van der Waals surface area (Å²) in [5, 5.41) is 0. The van der Waals surface area contributed by atoms with Crippen LogP contribution in [0.25, 0.3) is 11.1 Å². The molecule has 3 nitrogen and oxygen atoms in total. The van der Waals surface area contributed by atoms with E-state index in [1.807, 2.05) is 0 Å². The second kappa shape index (κ2) is 18.3. The molecule has 3 rings (SSSR count). The van der Waals surface area contributed by atoms with Gasteiger partial charge in [-0.3, -0.25) is 14.4 Å². The van der Waals surface area contributed by atoms with Crippen LogP contribution in [0.5, 0.6) is 0 Å². The fourth-order valence-electron chi connectivity index (χ4n) is 7.04. The Morgan fingerprint density at radius 1 is 0.930 bits per heavy atom. The van der Waals surface area contributed by atoms with Crippen molar-refractivity contribution in [1.29, 1.82) is 0 Å². The molecule has 238 valence electrons. The topological polar surface area (TPSA) is 51.2 Å². The van der Waals surface area contributed by atoms with Gasteiger partial charge in [-0.05, 0) is 104 Å². The Morgan fingerprint density at radius 3 is 2.21 bits per heavy atom. The predicted molar refractivity (Wildman–Crippen MR) is 183 cm³/mol. The number of ketones is 3. The molecule has 1 aliphatic rings. The van der Waals surface area contributed by atoms with Crippen LogP contribution < -0.4 is 0 Å². The van der Waals surface area contributed by atoms with E-state index in [1.165, 1.54) is 54.0 Å². The highest BCUT2D eigenvalue weighted by molar-refractivity contribution is 6.02. The molecular formula is C40H60O3. The molecule has 0 spiro atoms. The lowest BCUT2D eigenvalue weighted by Gasteiger charge is -2.33. The van der Waals surface area contributed by atoms with E-state index in [2.05, 4.69) is 85.7 Å². The van der Waals surface area contributed by atoms with E-state index in [4.69, 9.17) is 0 Å². The van der Waals surface area contributed by atoms with Crippen molar-refractivity contribution >= 4 is 17.3 Å². The van der Waals surface area contributed by atoms with Gasteiger partial charge < -0.3 is 0 Å². The Balaban J connectivity index is 0.00000206. The molecule has 2 aromatic carbocycles. The summed E-state index contributed by atoms with van der Waals surface area (Å²) >= 11 is 0. The molecule has 43 heavy (non-hydrogen) atoms. The lowest BCUT2D eigenvalue weighted by Crippen LogP contribution is -2.30. The normalized spacial score (nSPS) is 15.9. The van der Waals surface area contributed by atoms with Gasteiger partial charge in [0.05, 0.1) is 6.42 Å². The van der Waals surface area contributed by atoms with Crippen LogP contribution in [-0.2, 0) is 28.9 Å². The van der Waals surface area contributed by atoms with Gasteiger partial charge in [0.25, 0.3) is 0 Å². The highest BCUT2D eigenvalue weighted by Gasteiger charge is 2.34. The zero-order valence-electron chi connectivity index (χ0n) is 28.9. The van der Waals surface area contributed by atoms with Gasteiger partial charge in [0, 0.05) is 17.9 Å². The van der Waals surface area contributed by atoms with Crippen molar-refractivity contribution in [2.75, 3.05) is 0 Å². The molecule has 2 aromatic rings. The lowest BCUT2D eigenvalue weighted by molar-refractivity contribution is -0.129. The molecule has 0 radical (unpaired) electrons. The molecule has 0 bridgehead atoms. The second-order valence-corrected chi connectivity index (χ2v) is 13.5. The summed E-state index contributed by atoms with van der Waals surface area (Å²) in [5.74, 6) is 1.30. The monoisotopic (exact) mass is 588 g/mol. The summed E-state index contributed by atoms with van der Waals surface area (Å²) in [6, 6.07) is 11.3. The Kier molecular flexibility index (Phi) is 15.6. The number of rotatable bonds is 15. The Morgan fingerprint density at radius 2 is 1.63 bits per heavy atom. The van der Waals surface area contributed by atoms with Crippen LogP contribution in [0.3, 0.4) is 0 Å². The van der Waals surface area contributed by atoms with Gasteiger partial charge in [-0.1, -0.05) is 104 Å². The molecular weight excluding hydrogens is 528 g/mol. The van der Waals surface area contributed by atoms with Crippen LogP contribution in [0.15, 0.2) is 30.3 Å². The van der Waals surface area contributed by atoms with Crippen LogP contribution >= 0.6 is 0 Å². The fourth-order valence-corrected chi connectivity index (χ4v) is 7.04. The zero-order valence-corrected chi connectivity index (χ0v) is 28.9. The lowest BCUT2D eigenvalue weighted by atomic mass is 9.71. The number of aryl methyl sites for hydroxylation is 3. The largest absolute Gasteiger partial charge is 0.300 e. The van der Waals surface area contributed by atoms with Crippen molar-refractivity contribution in [1.82, 2.24) is 0 Å². The minimum Gasteiger partial charge on any atom is -0.300 e. The van der Waals surface area contributed by atoms with Crippen LogP contribution in [0.1, 0.15) is 146 Å². The van der Waals surface area contributed by atoms with Gasteiger partial charge in [0.2, 0.25) is 0 Å². The molecule has 0 N–H and O–H groups in total. The quantitative estimate of drug-likeness (QED) is 0.194. The molecule has 0 fully saturated rings. The van der Waals surface area contributed by atoms with Crippen LogP contribution in [0, 0.1) is 30.6 Å². The van der Waals surface area contributed by atoms with Crippen molar-refractivity contribution in [3.05, 3.63) is 58.1 Å². The Labute approximate surface area is 263 Å². The number of carbonyl (C=O) groups excluding carboxylic acids is 3. The Hall–Kier alpha value is -2.55. The van der Waals surface area contributed by atoms with Crippen LogP contribution in [-0.4, -0.2) is 17.3 Å². The first-order chi connectivity index (χ1) is 20.5. The molecule has 3 heteroatoms. The number of benzene rings is 2. The molecule has 0 heterocycles. The highest BCUT2D eigenvalue weighted by Crippen LogP contribution is 2.41. The van der Waals surface area contributed by atoms with E-state index >= 15 is 0 Å². The smallest absolute Gasteiger partial charge is 0.163 e. The molecule has 3 atom stereocenters.